The van der Waals surface area contributed by atoms with Gasteiger partial charge in [0.25, 0.3) is 0 Å². The number of benzene rings is 6. The number of anilines is 1. The van der Waals surface area contributed by atoms with E-state index in [1.54, 1.807) is 0 Å². The summed E-state index contributed by atoms with van der Waals surface area (Å²) in [4.78, 5) is 2.89. The molecule has 8 rings (SSSR count). The number of thiol groups is 2. The van der Waals surface area contributed by atoms with Crippen LogP contribution in [-0.2, 0) is 0 Å². The van der Waals surface area contributed by atoms with Gasteiger partial charge in [0.1, 0.15) is 0 Å². The van der Waals surface area contributed by atoms with Crippen molar-refractivity contribution >= 4 is 72.3 Å². The van der Waals surface area contributed by atoms with Crippen LogP contribution in [0.4, 0.5) is 5.69 Å². The van der Waals surface area contributed by atoms with E-state index in [0.29, 0.717) is 0 Å². The highest BCUT2D eigenvalue weighted by atomic mass is 32.3. The van der Waals surface area contributed by atoms with Gasteiger partial charge in [0, 0.05) is 15.2 Å². The predicted octanol–water partition coefficient (Wildman–Crippen LogP) is 9.87. The van der Waals surface area contributed by atoms with Gasteiger partial charge in [-0.3, -0.25) is 3.71 Å². The van der Waals surface area contributed by atoms with E-state index in [-0.39, 0.29) is 0 Å². The largest absolute Gasteiger partial charge is 0.286 e. The minimum Gasteiger partial charge on any atom is -0.286 e. The molecule has 0 radical (unpaired) electrons. The summed E-state index contributed by atoms with van der Waals surface area (Å²) in [7, 11) is 0. The van der Waals surface area contributed by atoms with E-state index in [1.165, 1.54) is 58.9 Å². The lowest BCUT2D eigenvalue weighted by atomic mass is 9.93. The van der Waals surface area contributed by atoms with Gasteiger partial charge < -0.3 is 0 Å². The number of nitrogens with zero attached hydrogens (tertiary/aromatic N) is 1. The Morgan fingerprint density at radius 1 is 0.405 bits per heavy atom. The van der Waals surface area contributed by atoms with Crippen LogP contribution in [0.25, 0.3) is 44.5 Å². The van der Waals surface area contributed by atoms with Crippen molar-refractivity contribution in [1.29, 1.82) is 0 Å². The van der Waals surface area contributed by atoms with Crippen molar-refractivity contribution in [2.45, 2.75) is 9.79 Å². The quantitative estimate of drug-likeness (QED) is 0.177. The summed E-state index contributed by atoms with van der Waals surface area (Å²) in [6.45, 7) is 0. The molecule has 2 aliphatic heterocycles. The third kappa shape index (κ3) is 3.14. The summed E-state index contributed by atoms with van der Waals surface area (Å²) in [5, 5.41) is 12.9. The first-order valence-corrected chi connectivity index (χ1v) is 15.4. The zero-order chi connectivity index (χ0) is 24.3. The second-order valence-electron chi connectivity index (χ2n) is 9.52. The van der Waals surface area contributed by atoms with Crippen LogP contribution in [0.1, 0.15) is 11.1 Å². The van der Waals surface area contributed by atoms with Gasteiger partial charge >= 0.3 is 0 Å². The maximum atomic E-state index is 2.78. The third-order valence-electron chi connectivity index (χ3n) is 7.53. The lowest BCUT2D eigenvalue weighted by molar-refractivity contribution is 1.40. The van der Waals surface area contributed by atoms with Gasteiger partial charge in [0.2, 0.25) is 0 Å². The molecule has 2 atom stereocenters. The van der Waals surface area contributed by atoms with Crippen molar-refractivity contribution in [2.75, 3.05) is 3.71 Å². The van der Waals surface area contributed by atoms with Crippen molar-refractivity contribution in [2.24, 2.45) is 0 Å². The van der Waals surface area contributed by atoms with Crippen molar-refractivity contribution in [1.82, 2.24) is 0 Å². The molecule has 0 bridgehead atoms. The Kier molecular flexibility index (Phi) is 4.76. The van der Waals surface area contributed by atoms with Gasteiger partial charge in [-0.2, -0.15) is 0 Å². The van der Waals surface area contributed by atoms with Crippen LogP contribution < -0.4 is 3.71 Å². The zero-order valence-electron chi connectivity index (χ0n) is 20.1. The highest BCUT2D eigenvalue weighted by molar-refractivity contribution is 8.37. The van der Waals surface area contributed by atoms with Gasteiger partial charge in [0.05, 0.1) is 5.69 Å². The van der Waals surface area contributed by atoms with E-state index in [0.717, 1.165) is 0 Å². The molecule has 0 spiro atoms. The van der Waals surface area contributed by atoms with Gasteiger partial charge in [-0.15, -0.1) is 22.2 Å². The first-order valence-electron chi connectivity index (χ1n) is 12.6. The molecule has 0 fully saturated rings. The number of hydrogen-bond donors (Lipinski definition) is 2. The summed E-state index contributed by atoms with van der Waals surface area (Å²) in [5.41, 5.74) is 4.03. The topological polar surface area (TPSA) is 3.24 Å². The van der Waals surface area contributed by atoms with Crippen LogP contribution >= 0.6 is 22.2 Å². The average molecular weight is 512 g/mol. The lowest BCUT2D eigenvalue weighted by Gasteiger charge is -2.41. The Morgan fingerprint density at radius 2 is 0.838 bits per heavy atom. The Labute approximate surface area is 222 Å². The molecule has 37 heavy (non-hydrogen) atoms. The smallest absolute Gasteiger partial charge is 0.0652 e. The van der Waals surface area contributed by atoms with E-state index >= 15 is 0 Å². The monoisotopic (exact) mass is 511 g/mol. The number of fused-ring (bicyclic) bond motifs is 8. The molecule has 2 unspecified atom stereocenters. The molecule has 0 N–H and O–H groups in total. The van der Waals surface area contributed by atoms with Gasteiger partial charge in [-0.1, -0.05) is 97.1 Å². The summed E-state index contributed by atoms with van der Waals surface area (Å²) in [6, 6.07) is 42.6. The van der Waals surface area contributed by atoms with E-state index < -0.39 is 22.2 Å². The molecule has 0 saturated carbocycles. The maximum absolute atomic E-state index is 2.78. The molecule has 0 amide bonds. The van der Waals surface area contributed by atoms with Crippen molar-refractivity contribution in [3.05, 3.63) is 137 Å². The number of hydrogen-bond acceptors (Lipinski definition) is 1. The Morgan fingerprint density at radius 3 is 1.41 bits per heavy atom. The minimum absolute atomic E-state index is 0.678. The molecule has 178 valence electrons. The molecule has 3 heteroatoms. The fourth-order valence-corrected chi connectivity index (χ4v) is 11.4. The molecular weight excluding hydrogens is 487 g/mol. The molecule has 0 aliphatic carbocycles. The Balaban J connectivity index is 1.48. The second kappa shape index (κ2) is 8.31. The van der Waals surface area contributed by atoms with Crippen molar-refractivity contribution < 1.29 is 0 Å². The summed E-state index contributed by atoms with van der Waals surface area (Å²) in [5.74, 6) is 0. The van der Waals surface area contributed by atoms with E-state index in [2.05, 4.69) is 142 Å². The molecule has 2 heterocycles. The fourth-order valence-electron chi connectivity index (χ4n) is 5.91. The normalized spacial score (nSPS) is 19.5. The maximum Gasteiger partial charge on any atom is 0.0652 e. The Bertz CT molecular complexity index is 1810. The van der Waals surface area contributed by atoms with Crippen LogP contribution in [0.2, 0.25) is 0 Å². The zero-order valence-corrected chi connectivity index (χ0v) is 21.9. The van der Waals surface area contributed by atoms with Crippen molar-refractivity contribution in [3.8, 4) is 0 Å². The fraction of sp³-hybridized carbons (Fsp3) is 0. The van der Waals surface area contributed by atoms with Crippen LogP contribution in [0, 0.1) is 0 Å². The summed E-state index contributed by atoms with van der Waals surface area (Å²) < 4.78 is 2.78. The van der Waals surface area contributed by atoms with E-state index in [1.807, 2.05) is 0 Å². The average Bonchev–Trinajstić information content (AvgIpc) is 3.59. The van der Waals surface area contributed by atoms with Gasteiger partial charge in [-0.25, -0.2) is 0 Å². The van der Waals surface area contributed by atoms with Gasteiger partial charge in [-0.05, 0) is 79.2 Å². The molecule has 0 saturated heterocycles. The molecular formula is C34H25NS2. The molecule has 1 nitrogen and oxygen atoms in total. The second-order valence-corrected chi connectivity index (χ2v) is 13.6. The van der Waals surface area contributed by atoms with Crippen LogP contribution in [0.3, 0.4) is 0 Å². The molecule has 0 aromatic heterocycles. The predicted molar refractivity (Wildman–Crippen MR) is 167 cm³/mol. The molecule has 6 aromatic carbocycles. The van der Waals surface area contributed by atoms with Crippen molar-refractivity contribution in [3.63, 3.8) is 0 Å². The van der Waals surface area contributed by atoms with E-state index in [4.69, 9.17) is 0 Å². The summed E-state index contributed by atoms with van der Waals surface area (Å²) >= 11 is -1.36. The Hall–Kier alpha value is -3.92. The highest BCUT2D eigenvalue weighted by Crippen LogP contribution is 2.64. The standard InChI is InChI=1S/C34H25NS2/c1-7-18-32-24(10-1)20-22-36(32)35(37-23-21-25-11-2-8-19-33(25)37)31-17-9-16-30-28-13-4-3-12-26(28)27-14-5-6-15-29(27)34(30)31/h1-23,36-37H. The molecule has 2 aliphatic rings. The first kappa shape index (κ1) is 21.2. The lowest BCUT2D eigenvalue weighted by Crippen LogP contribution is -2.14. The number of rotatable bonds is 3. The van der Waals surface area contributed by atoms with E-state index in [9.17, 15) is 0 Å². The third-order valence-corrected chi connectivity index (χ3v) is 12.6. The van der Waals surface area contributed by atoms with Crippen LogP contribution in [0.15, 0.2) is 136 Å². The molecule has 6 aromatic rings. The minimum atomic E-state index is -0.678. The van der Waals surface area contributed by atoms with Gasteiger partial charge in [0.15, 0.2) is 0 Å². The highest BCUT2D eigenvalue weighted by Gasteiger charge is 2.30. The van der Waals surface area contributed by atoms with Crippen LogP contribution in [0.5, 0.6) is 0 Å². The SMILES string of the molecule is C1=C[SH](N(c2cccc3c4ccccc4c4ccccc4c23)[SH]2C=Cc3ccccc32)c2ccccc21. The summed E-state index contributed by atoms with van der Waals surface area (Å²) in [6.07, 6.45) is 4.65. The first-order chi connectivity index (χ1) is 18.4. The van der Waals surface area contributed by atoms with Crippen LogP contribution in [-0.4, -0.2) is 0 Å².